The molecule has 32 heavy (non-hydrogen) atoms. The predicted molar refractivity (Wildman–Crippen MR) is 125 cm³/mol. The van der Waals surface area contributed by atoms with Crippen LogP contribution < -0.4 is 5.32 Å². The molecule has 0 aliphatic carbocycles. The van der Waals surface area contributed by atoms with Gasteiger partial charge in [0, 0.05) is 6.42 Å². The fourth-order valence-corrected chi connectivity index (χ4v) is 4.06. The van der Waals surface area contributed by atoms with Gasteiger partial charge in [-0.05, 0) is 27.5 Å². The molecule has 0 aliphatic heterocycles. The maximum absolute atomic E-state index is 13.4. The number of nitrogens with one attached hydrogen (secondary N) is 1. The Morgan fingerprint density at radius 3 is 2.31 bits per heavy atom. The molecule has 0 fully saturated rings. The number of carbonyl (C=O) groups is 1. The third-order valence-corrected chi connectivity index (χ3v) is 5.64. The average Bonchev–Trinajstić information content (AvgIpc) is 3.31. The van der Waals surface area contributed by atoms with Crippen LogP contribution in [0.25, 0.3) is 10.8 Å². The van der Waals surface area contributed by atoms with E-state index < -0.39 is 0 Å². The number of aromatic nitrogens is 1. The summed E-state index contributed by atoms with van der Waals surface area (Å²) in [7, 11) is 0. The Morgan fingerprint density at radius 2 is 1.50 bits per heavy atom. The molecule has 0 radical (unpaired) electrons. The van der Waals surface area contributed by atoms with E-state index in [0.29, 0.717) is 17.7 Å². The Morgan fingerprint density at radius 1 is 0.812 bits per heavy atom. The number of fused-ring (bicyclic) bond motifs is 1. The first kappa shape index (κ1) is 19.8. The SMILES string of the molecule is O=C(NC(c1ccccc1)c1cccc2ccccc12)c1cnoc1Cc1ccccc1. The van der Waals surface area contributed by atoms with Crippen LogP contribution in [0.5, 0.6) is 0 Å². The molecule has 1 heterocycles. The summed E-state index contributed by atoms with van der Waals surface area (Å²) in [6.45, 7) is 0. The summed E-state index contributed by atoms with van der Waals surface area (Å²) in [6, 6.07) is 34.0. The fraction of sp³-hybridized carbons (Fsp3) is 0.0714. The number of benzene rings is 4. The lowest BCUT2D eigenvalue weighted by Crippen LogP contribution is -2.30. The van der Waals surface area contributed by atoms with Gasteiger partial charge < -0.3 is 9.84 Å². The van der Waals surface area contributed by atoms with Crippen molar-refractivity contribution in [2.75, 3.05) is 0 Å². The van der Waals surface area contributed by atoms with Crippen LogP contribution in [0.3, 0.4) is 0 Å². The lowest BCUT2D eigenvalue weighted by atomic mass is 9.93. The van der Waals surface area contributed by atoms with Crippen molar-refractivity contribution in [3.63, 3.8) is 0 Å². The minimum Gasteiger partial charge on any atom is -0.360 e. The van der Waals surface area contributed by atoms with Gasteiger partial charge in [-0.1, -0.05) is 108 Å². The smallest absolute Gasteiger partial charge is 0.257 e. The van der Waals surface area contributed by atoms with Crippen LogP contribution in [0.2, 0.25) is 0 Å². The van der Waals surface area contributed by atoms with Crippen LogP contribution in [-0.4, -0.2) is 11.1 Å². The fourth-order valence-electron chi connectivity index (χ4n) is 4.06. The highest BCUT2D eigenvalue weighted by atomic mass is 16.5. The quantitative estimate of drug-likeness (QED) is 0.371. The average molecular weight is 418 g/mol. The molecule has 1 N–H and O–H groups in total. The van der Waals surface area contributed by atoms with Crippen LogP contribution in [-0.2, 0) is 6.42 Å². The molecule has 5 rings (SSSR count). The normalized spacial score (nSPS) is 11.9. The van der Waals surface area contributed by atoms with Crippen molar-refractivity contribution in [2.24, 2.45) is 0 Å². The Hall–Kier alpha value is -4.18. The molecule has 1 aromatic heterocycles. The molecule has 0 saturated heterocycles. The van der Waals surface area contributed by atoms with E-state index >= 15 is 0 Å². The highest BCUT2D eigenvalue weighted by molar-refractivity contribution is 5.96. The summed E-state index contributed by atoms with van der Waals surface area (Å²) < 4.78 is 5.44. The van der Waals surface area contributed by atoms with Crippen molar-refractivity contribution in [2.45, 2.75) is 12.5 Å². The minimum atomic E-state index is -0.311. The number of rotatable bonds is 6. The van der Waals surface area contributed by atoms with Crippen LogP contribution in [0.1, 0.15) is 38.9 Å². The zero-order chi connectivity index (χ0) is 21.8. The Balaban J connectivity index is 1.51. The zero-order valence-corrected chi connectivity index (χ0v) is 17.4. The standard InChI is InChI=1S/C28H22N2O2/c31-28(25-19-29-32-26(25)18-20-10-3-1-4-11-20)30-27(22-13-5-2-6-14-22)24-17-9-15-21-12-7-8-16-23(21)24/h1-17,19,27H,18H2,(H,30,31). The van der Waals surface area contributed by atoms with Crippen molar-refractivity contribution in [3.05, 3.63) is 137 Å². The van der Waals surface area contributed by atoms with Gasteiger partial charge in [-0.2, -0.15) is 0 Å². The molecule has 1 amide bonds. The summed E-state index contributed by atoms with van der Waals surface area (Å²) in [5, 5.41) is 9.38. The van der Waals surface area contributed by atoms with Crippen molar-refractivity contribution in [1.29, 1.82) is 0 Å². The van der Waals surface area contributed by atoms with E-state index in [9.17, 15) is 4.79 Å². The Bertz CT molecular complexity index is 1340. The van der Waals surface area contributed by atoms with Gasteiger partial charge >= 0.3 is 0 Å². The van der Waals surface area contributed by atoms with E-state index in [0.717, 1.165) is 27.5 Å². The van der Waals surface area contributed by atoms with Gasteiger partial charge in [0.05, 0.1) is 12.2 Å². The third kappa shape index (κ3) is 4.03. The Labute approximate surface area is 186 Å². The van der Waals surface area contributed by atoms with Crippen LogP contribution >= 0.6 is 0 Å². The summed E-state index contributed by atoms with van der Waals surface area (Å²) in [4.78, 5) is 13.4. The van der Waals surface area contributed by atoms with Crippen LogP contribution in [0.4, 0.5) is 0 Å². The molecule has 0 spiro atoms. The van der Waals surface area contributed by atoms with E-state index in [4.69, 9.17) is 4.52 Å². The summed E-state index contributed by atoms with van der Waals surface area (Å²) in [5.41, 5.74) is 3.57. The molecule has 4 heteroatoms. The van der Waals surface area contributed by atoms with Gasteiger partial charge in [-0.25, -0.2) is 0 Å². The lowest BCUT2D eigenvalue weighted by Gasteiger charge is -2.21. The van der Waals surface area contributed by atoms with Gasteiger partial charge in [0.25, 0.3) is 5.91 Å². The molecule has 0 bridgehead atoms. The van der Waals surface area contributed by atoms with Crippen LogP contribution in [0, 0.1) is 0 Å². The highest BCUT2D eigenvalue weighted by Gasteiger charge is 2.23. The minimum absolute atomic E-state index is 0.209. The van der Waals surface area contributed by atoms with E-state index in [-0.39, 0.29) is 11.9 Å². The molecule has 0 saturated carbocycles. The molecular weight excluding hydrogens is 396 g/mol. The first-order valence-electron chi connectivity index (χ1n) is 10.6. The number of amides is 1. The first-order chi connectivity index (χ1) is 15.8. The van der Waals surface area contributed by atoms with Crippen molar-refractivity contribution in [3.8, 4) is 0 Å². The topological polar surface area (TPSA) is 55.1 Å². The van der Waals surface area contributed by atoms with Gasteiger partial charge in [-0.15, -0.1) is 0 Å². The van der Waals surface area contributed by atoms with Crippen molar-refractivity contribution < 1.29 is 9.32 Å². The lowest BCUT2D eigenvalue weighted by molar-refractivity contribution is 0.0941. The molecule has 156 valence electrons. The summed E-state index contributed by atoms with van der Waals surface area (Å²) >= 11 is 0. The zero-order valence-electron chi connectivity index (χ0n) is 17.4. The van der Waals surface area contributed by atoms with E-state index in [2.05, 4.69) is 34.7 Å². The number of hydrogen-bond acceptors (Lipinski definition) is 3. The number of carbonyl (C=O) groups excluding carboxylic acids is 1. The molecule has 1 atom stereocenters. The molecule has 1 unspecified atom stereocenters. The highest BCUT2D eigenvalue weighted by Crippen LogP contribution is 2.29. The van der Waals surface area contributed by atoms with E-state index in [1.165, 1.54) is 6.20 Å². The second-order valence-electron chi connectivity index (χ2n) is 7.71. The molecule has 4 aromatic carbocycles. The second kappa shape index (κ2) is 8.90. The van der Waals surface area contributed by atoms with Gasteiger partial charge in [0.1, 0.15) is 5.56 Å². The summed E-state index contributed by atoms with van der Waals surface area (Å²) in [5.74, 6) is 0.345. The largest absolute Gasteiger partial charge is 0.360 e. The Kier molecular flexibility index (Phi) is 5.50. The van der Waals surface area contributed by atoms with Gasteiger partial charge in [0.15, 0.2) is 5.76 Å². The molecule has 4 nitrogen and oxygen atoms in total. The molecular formula is C28H22N2O2. The van der Waals surface area contributed by atoms with E-state index in [1.807, 2.05) is 78.9 Å². The maximum atomic E-state index is 13.4. The second-order valence-corrected chi connectivity index (χ2v) is 7.71. The van der Waals surface area contributed by atoms with E-state index in [1.54, 1.807) is 0 Å². The monoisotopic (exact) mass is 418 g/mol. The van der Waals surface area contributed by atoms with Crippen LogP contribution in [0.15, 0.2) is 114 Å². The molecule has 5 aromatic rings. The number of nitrogens with zero attached hydrogens (tertiary/aromatic N) is 1. The summed E-state index contributed by atoms with van der Waals surface area (Å²) in [6.07, 6.45) is 2.01. The third-order valence-electron chi connectivity index (χ3n) is 5.64. The van der Waals surface area contributed by atoms with Crippen molar-refractivity contribution in [1.82, 2.24) is 10.5 Å². The molecule has 0 aliphatic rings. The maximum Gasteiger partial charge on any atom is 0.257 e. The van der Waals surface area contributed by atoms with Gasteiger partial charge in [0.2, 0.25) is 0 Å². The number of hydrogen-bond donors (Lipinski definition) is 1. The van der Waals surface area contributed by atoms with Crippen molar-refractivity contribution >= 4 is 16.7 Å². The van der Waals surface area contributed by atoms with Gasteiger partial charge in [-0.3, -0.25) is 4.79 Å². The predicted octanol–water partition coefficient (Wildman–Crippen LogP) is 5.94. The first-order valence-corrected chi connectivity index (χ1v) is 10.6.